The third kappa shape index (κ3) is 3.78. The number of β-amino-alcohol motifs (C(OH)–C–C–N with tert-alkyl or cyclic N) is 1. The third-order valence-electron chi connectivity index (χ3n) is 4.65. The van der Waals surface area contributed by atoms with Crippen molar-refractivity contribution in [2.75, 3.05) is 37.7 Å². The predicted molar refractivity (Wildman–Crippen MR) is 90.2 cm³/mol. The molecule has 2 rings (SSSR count). The Balaban J connectivity index is 2.12. The molecule has 1 heterocycles. The molecule has 1 aromatic rings. The zero-order valence-corrected chi connectivity index (χ0v) is 14.0. The Morgan fingerprint density at radius 2 is 2.05 bits per heavy atom. The average molecular weight is 290 g/mol. The number of nitrogens with zero attached hydrogens (tertiary/aromatic N) is 2. The van der Waals surface area contributed by atoms with E-state index in [1.165, 1.54) is 16.8 Å². The minimum absolute atomic E-state index is 0.257. The van der Waals surface area contributed by atoms with E-state index in [2.05, 4.69) is 55.7 Å². The first-order valence-electron chi connectivity index (χ1n) is 8.29. The lowest BCUT2D eigenvalue weighted by Gasteiger charge is -2.41. The van der Waals surface area contributed by atoms with Gasteiger partial charge < -0.3 is 10.0 Å². The zero-order valence-electron chi connectivity index (χ0n) is 14.0. The van der Waals surface area contributed by atoms with Gasteiger partial charge in [0.05, 0.1) is 6.61 Å². The summed E-state index contributed by atoms with van der Waals surface area (Å²) in [6.45, 7) is 13.2. The molecule has 21 heavy (non-hydrogen) atoms. The van der Waals surface area contributed by atoms with Gasteiger partial charge in [0.1, 0.15) is 0 Å². The van der Waals surface area contributed by atoms with Gasteiger partial charge in [0.15, 0.2) is 0 Å². The van der Waals surface area contributed by atoms with Crippen LogP contribution in [0.1, 0.15) is 44.7 Å². The van der Waals surface area contributed by atoms with E-state index < -0.39 is 0 Å². The van der Waals surface area contributed by atoms with E-state index in [1.807, 2.05) is 0 Å². The molecule has 0 saturated carbocycles. The van der Waals surface area contributed by atoms with Gasteiger partial charge in [0.25, 0.3) is 0 Å². The Morgan fingerprint density at radius 1 is 1.29 bits per heavy atom. The monoisotopic (exact) mass is 290 g/mol. The highest BCUT2D eigenvalue weighted by Crippen LogP contribution is 2.27. The molecule has 1 fully saturated rings. The maximum Gasteiger partial charge on any atom is 0.0558 e. The molecule has 0 aromatic heterocycles. The fourth-order valence-electron chi connectivity index (χ4n) is 3.35. The van der Waals surface area contributed by atoms with Gasteiger partial charge in [-0.2, -0.15) is 0 Å². The molecule has 0 aliphatic carbocycles. The van der Waals surface area contributed by atoms with Crippen LogP contribution >= 0.6 is 0 Å². The van der Waals surface area contributed by atoms with Gasteiger partial charge in [-0.1, -0.05) is 26.8 Å². The molecule has 0 spiro atoms. The smallest absolute Gasteiger partial charge is 0.0558 e. The molecule has 0 bridgehead atoms. The summed E-state index contributed by atoms with van der Waals surface area (Å²) in [7, 11) is 0. The van der Waals surface area contributed by atoms with E-state index >= 15 is 0 Å². The standard InChI is InChI=1S/C18H30N2O/c1-5-16-12-17(6-7-18(16)14(2)3)20-9-8-19(10-11-21)15(4)13-20/h6-7,12,14-15,21H,5,8-11,13H2,1-4H3/t15-/m1/s1. The van der Waals surface area contributed by atoms with E-state index in [-0.39, 0.29) is 6.61 Å². The van der Waals surface area contributed by atoms with Gasteiger partial charge in [-0.15, -0.1) is 0 Å². The fraction of sp³-hybridized carbons (Fsp3) is 0.667. The van der Waals surface area contributed by atoms with Gasteiger partial charge in [-0.3, -0.25) is 4.90 Å². The molecule has 1 saturated heterocycles. The van der Waals surface area contributed by atoms with Crippen molar-refractivity contribution in [1.29, 1.82) is 0 Å². The molecular formula is C18H30N2O. The van der Waals surface area contributed by atoms with Crippen molar-refractivity contribution < 1.29 is 5.11 Å². The van der Waals surface area contributed by atoms with Crippen molar-refractivity contribution >= 4 is 5.69 Å². The van der Waals surface area contributed by atoms with Crippen LogP contribution in [0.2, 0.25) is 0 Å². The van der Waals surface area contributed by atoms with E-state index in [1.54, 1.807) is 0 Å². The minimum atomic E-state index is 0.257. The summed E-state index contributed by atoms with van der Waals surface area (Å²) >= 11 is 0. The Bertz CT molecular complexity index is 459. The Labute approximate surface area is 129 Å². The number of piperazine rings is 1. The number of hydrogen-bond acceptors (Lipinski definition) is 3. The Hall–Kier alpha value is -1.06. The lowest BCUT2D eigenvalue weighted by atomic mass is 9.95. The molecule has 1 aromatic carbocycles. The highest BCUT2D eigenvalue weighted by molar-refractivity contribution is 5.52. The summed E-state index contributed by atoms with van der Waals surface area (Å²) in [5, 5.41) is 9.11. The summed E-state index contributed by atoms with van der Waals surface area (Å²) in [5.74, 6) is 0.592. The molecule has 3 heteroatoms. The molecule has 1 atom stereocenters. The third-order valence-corrected chi connectivity index (χ3v) is 4.65. The van der Waals surface area contributed by atoms with E-state index in [4.69, 9.17) is 5.11 Å². The van der Waals surface area contributed by atoms with Crippen molar-refractivity contribution in [3.05, 3.63) is 29.3 Å². The van der Waals surface area contributed by atoms with Gasteiger partial charge >= 0.3 is 0 Å². The summed E-state index contributed by atoms with van der Waals surface area (Å²) < 4.78 is 0. The highest BCUT2D eigenvalue weighted by atomic mass is 16.3. The van der Waals surface area contributed by atoms with Crippen LogP contribution in [0.5, 0.6) is 0 Å². The number of rotatable bonds is 5. The maximum atomic E-state index is 9.11. The number of aryl methyl sites for hydroxylation is 1. The van der Waals surface area contributed by atoms with Crippen LogP contribution in [0, 0.1) is 0 Å². The molecule has 1 aliphatic rings. The van der Waals surface area contributed by atoms with Crippen molar-refractivity contribution in [3.63, 3.8) is 0 Å². The lowest BCUT2D eigenvalue weighted by molar-refractivity contribution is 0.146. The van der Waals surface area contributed by atoms with Crippen LogP contribution in [-0.4, -0.2) is 48.8 Å². The number of aliphatic hydroxyl groups excluding tert-OH is 1. The van der Waals surface area contributed by atoms with Crippen LogP contribution in [0.25, 0.3) is 0 Å². The number of aliphatic hydroxyl groups is 1. The molecule has 0 radical (unpaired) electrons. The van der Waals surface area contributed by atoms with Gasteiger partial charge in [0, 0.05) is 37.9 Å². The molecule has 0 amide bonds. The van der Waals surface area contributed by atoms with Crippen molar-refractivity contribution in [2.24, 2.45) is 0 Å². The average Bonchev–Trinajstić information content (AvgIpc) is 2.48. The van der Waals surface area contributed by atoms with Crippen molar-refractivity contribution in [2.45, 2.75) is 46.1 Å². The normalized spacial score (nSPS) is 20.3. The number of hydrogen-bond donors (Lipinski definition) is 1. The van der Waals surface area contributed by atoms with Crippen LogP contribution in [0.4, 0.5) is 5.69 Å². The highest BCUT2D eigenvalue weighted by Gasteiger charge is 2.23. The zero-order chi connectivity index (χ0) is 15.4. The second kappa shape index (κ2) is 7.28. The van der Waals surface area contributed by atoms with E-state index in [9.17, 15) is 0 Å². The first kappa shape index (κ1) is 16.3. The molecular weight excluding hydrogens is 260 g/mol. The quantitative estimate of drug-likeness (QED) is 0.903. The second-order valence-electron chi connectivity index (χ2n) is 6.45. The Morgan fingerprint density at radius 3 is 2.62 bits per heavy atom. The summed E-state index contributed by atoms with van der Waals surface area (Å²) in [6, 6.07) is 7.47. The van der Waals surface area contributed by atoms with Gasteiger partial charge in [-0.05, 0) is 42.5 Å². The van der Waals surface area contributed by atoms with Crippen LogP contribution < -0.4 is 4.90 Å². The van der Waals surface area contributed by atoms with Crippen LogP contribution in [0.15, 0.2) is 18.2 Å². The first-order valence-corrected chi connectivity index (χ1v) is 8.29. The fourth-order valence-corrected chi connectivity index (χ4v) is 3.35. The molecule has 3 nitrogen and oxygen atoms in total. The van der Waals surface area contributed by atoms with Crippen LogP contribution in [-0.2, 0) is 6.42 Å². The predicted octanol–water partition coefficient (Wildman–Crippen LogP) is 2.88. The van der Waals surface area contributed by atoms with Crippen molar-refractivity contribution in [1.82, 2.24) is 4.90 Å². The number of benzene rings is 1. The summed E-state index contributed by atoms with van der Waals surface area (Å²) in [4.78, 5) is 4.86. The van der Waals surface area contributed by atoms with Crippen LogP contribution in [0.3, 0.4) is 0 Å². The topological polar surface area (TPSA) is 26.7 Å². The first-order chi connectivity index (χ1) is 10.1. The van der Waals surface area contributed by atoms with Crippen molar-refractivity contribution in [3.8, 4) is 0 Å². The van der Waals surface area contributed by atoms with E-state index in [0.717, 1.165) is 32.6 Å². The molecule has 118 valence electrons. The van der Waals surface area contributed by atoms with E-state index in [0.29, 0.717) is 12.0 Å². The summed E-state index contributed by atoms with van der Waals surface area (Å²) in [6.07, 6.45) is 1.10. The minimum Gasteiger partial charge on any atom is -0.395 e. The Kier molecular flexibility index (Phi) is 5.65. The van der Waals surface area contributed by atoms with Gasteiger partial charge in [0.2, 0.25) is 0 Å². The lowest BCUT2D eigenvalue weighted by Crippen LogP contribution is -2.52. The second-order valence-corrected chi connectivity index (χ2v) is 6.45. The molecule has 1 aliphatic heterocycles. The molecule has 1 N–H and O–H groups in total. The number of anilines is 1. The summed E-state index contributed by atoms with van der Waals surface area (Å²) in [5.41, 5.74) is 4.31. The largest absolute Gasteiger partial charge is 0.395 e. The molecule has 0 unspecified atom stereocenters. The SMILES string of the molecule is CCc1cc(N2CCN(CCO)[C@H](C)C2)ccc1C(C)C. The maximum absolute atomic E-state index is 9.11. The van der Waals surface area contributed by atoms with Gasteiger partial charge in [-0.25, -0.2) is 0 Å².